The van der Waals surface area contributed by atoms with Crippen LogP contribution in [-0.2, 0) is 30.3 Å². The number of rotatable bonds is 13. The average Bonchev–Trinajstić information content (AvgIpc) is 3.19. The number of sulfonamides is 1. The molecule has 0 aromatic heterocycles. The molecule has 52 heavy (non-hydrogen) atoms. The normalized spacial score (nSPS) is 17.0. The Kier molecular flexibility index (Phi) is 11.2. The smallest absolute Gasteiger partial charge is 0.288 e. The molecule has 0 saturated carbocycles. The topological polar surface area (TPSA) is 73.9 Å². The summed E-state index contributed by atoms with van der Waals surface area (Å²) in [6, 6.07) is 55.5. The van der Waals surface area contributed by atoms with Crippen molar-refractivity contribution in [1.82, 2.24) is 4.72 Å². The van der Waals surface area contributed by atoms with Crippen molar-refractivity contribution in [2.75, 3.05) is 13.2 Å². The second-order valence-corrected chi connectivity index (χ2v) is 18.2. The van der Waals surface area contributed by atoms with Crippen LogP contribution in [0, 0.1) is 6.92 Å². The highest BCUT2D eigenvalue weighted by Crippen LogP contribution is 2.30. The second-order valence-electron chi connectivity index (χ2n) is 13.1. The van der Waals surface area contributed by atoms with Crippen molar-refractivity contribution in [2.24, 2.45) is 0 Å². The minimum atomic E-state index is -3.85. The molecule has 1 aliphatic heterocycles. The van der Waals surface area contributed by atoms with Crippen molar-refractivity contribution in [2.45, 2.75) is 43.1 Å². The van der Waals surface area contributed by atoms with Gasteiger partial charge >= 0.3 is 0 Å². The standard InChI is InChI=1S/C44H43NO5SSi/c1-34-26-28-38(29-27-34)51(46,47)45-44(35-16-6-2-7-17-35)42-25-15-14-18-36(42)32-43-48-31-30-37(50-43)33-49-52(39-19-8-3-9-20-39,40-21-10-4-11-22-40)41-23-12-5-13-24-41/h2-29,37,43-45H,30-33H2,1H3/t37-,43-,44-/m0/s1. The van der Waals surface area contributed by atoms with Gasteiger partial charge in [-0.15, -0.1) is 0 Å². The first-order chi connectivity index (χ1) is 25.4. The molecule has 3 atom stereocenters. The Morgan fingerprint density at radius 3 is 1.79 bits per heavy atom. The maximum atomic E-state index is 13.7. The largest absolute Gasteiger partial charge is 0.402 e. The fraction of sp³-hybridized carbons (Fsp3) is 0.182. The zero-order chi connectivity index (χ0) is 35.8. The molecule has 0 unspecified atom stereocenters. The Bertz CT molecular complexity index is 2040. The predicted octanol–water partition coefficient (Wildman–Crippen LogP) is 6.42. The van der Waals surface area contributed by atoms with Crippen LogP contribution in [-0.4, -0.2) is 42.3 Å². The molecular weight excluding hydrogens is 683 g/mol. The van der Waals surface area contributed by atoms with Crippen molar-refractivity contribution in [1.29, 1.82) is 0 Å². The van der Waals surface area contributed by atoms with Crippen LogP contribution < -0.4 is 20.3 Å². The van der Waals surface area contributed by atoms with E-state index in [0.29, 0.717) is 26.1 Å². The van der Waals surface area contributed by atoms with Crippen molar-refractivity contribution in [3.05, 3.63) is 192 Å². The summed E-state index contributed by atoms with van der Waals surface area (Å²) in [5, 5.41) is 3.51. The molecule has 0 amide bonds. The van der Waals surface area contributed by atoms with E-state index < -0.39 is 30.7 Å². The van der Waals surface area contributed by atoms with Crippen LogP contribution in [0.5, 0.6) is 0 Å². The molecule has 0 bridgehead atoms. The van der Waals surface area contributed by atoms with E-state index in [1.54, 1.807) is 12.1 Å². The van der Waals surface area contributed by atoms with E-state index in [9.17, 15) is 8.42 Å². The SMILES string of the molecule is Cc1ccc(S(=O)(=O)N[C@@H](c2ccccc2)c2ccccc2C[C@H]2OCC[C@@H](CO[Si](c3ccccc3)(c3ccccc3)c3ccccc3)O2)cc1. The summed E-state index contributed by atoms with van der Waals surface area (Å²) in [6.07, 6.45) is 0.416. The predicted molar refractivity (Wildman–Crippen MR) is 209 cm³/mol. The molecule has 0 aliphatic carbocycles. The summed E-state index contributed by atoms with van der Waals surface area (Å²) >= 11 is 0. The second kappa shape index (κ2) is 16.3. The molecule has 0 radical (unpaired) electrons. The number of aryl methyl sites for hydroxylation is 1. The van der Waals surface area contributed by atoms with E-state index >= 15 is 0 Å². The molecule has 6 nitrogen and oxygen atoms in total. The molecular formula is C44H43NO5SSi. The Hall–Kier alpha value is -4.67. The molecule has 264 valence electrons. The van der Waals surface area contributed by atoms with Gasteiger partial charge in [-0.25, -0.2) is 8.42 Å². The average molecular weight is 726 g/mol. The molecule has 1 fully saturated rings. The maximum Gasteiger partial charge on any atom is 0.288 e. The summed E-state index contributed by atoms with van der Waals surface area (Å²) in [7, 11) is -6.75. The fourth-order valence-corrected chi connectivity index (χ4v) is 12.1. The number of hydrogen-bond donors (Lipinski definition) is 1. The van der Waals surface area contributed by atoms with Crippen LogP contribution in [0.15, 0.2) is 175 Å². The number of benzene rings is 6. The highest BCUT2D eigenvalue weighted by molar-refractivity contribution is 7.89. The zero-order valence-corrected chi connectivity index (χ0v) is 31.0. The summed E-state index contributed by atoms with van der Waals surface area (Å²) in [5.41, 5.74) is 3.62. The van der Waals surface area contributed by atoms with Crippen LogP contribution in [0.3, 0.4) is 0 Å². The number of nitrogens with one attached hydrogen (secondary N) is 1. The van der Waals surface area contributed by atoms with Gasteiger partial charge < -0.3 is 13.9 Å². The third-order valence-electron chi connectivity index (χ3n) is 9.60. The van der Waals surface area contributed by atoms with E-state index in [1.165, 1.54) is 15.6 Å². The molecule has 7 rings (SSSR count). The third kappa shape index (κ3) is 8.03. The first-order valence-corrected chi connectivity index (χ1v) is 21.1. The molecule has 1 aliphatic rings. The van der Waals surface area contributed by atoms with Crippen molar-refractivity contribution in [3.8, 4) is 0 Å². The minimum Gasteiger partial charge on any atom is -0.402 e. The molecule has 1 N–H and O–H groups in total. The fourth-order valence-electron chi connectivity index (χ4n) is 6.95. The summed E-state index contributed by atoms with van der Waals surface area (Å²) in [5.74, 6) is 0. The van der Waals surface area contributed by atoms with Gasteiger partial charge in [0.05, 0.1) is 30.3 Å². The summed E-state index contributed by atoms with van der Waals surface area (Å²) in [4.78, 5) is 0.222. The lowest BCUT2D eigenvalue weighted by Crippen LogP contribution is -2.70. The first kappa shape index (κ1) is 35.7. The van der Waals surface area contributed by atoms with Crippen LogP contribution in [0.2, 0.25) is 0 Å². The van der Waals surface area contributed by atoms with Crippen molar-refractivity contribution >= 4 is 33.9 Å². The highest BCUT2D eigenvalue weighted by Gasteiger charge is 2.43. The monoisotopic (exact) mass is 725 g/mol. The molecule has 1 saturated heterocycles. The van der Waals surface area contributed by atoms with Gasteiger partial charge in [-0.2, -0.15) is 4.72 Å². The Labute approximate surface area is 308 Å². The Morgan fingerprint density at radius 2 is 1.21 bits per heavy atom. The van der Waals surface area contributed by atoms with Gasteiger partial charge in [-0.1, -0.05) is 163 Å². The number of hydrogen-bond acceptors (Lipinski definition) is 5. The van der Waals surface area contributed by atoms with Crippen LogP contribution >= 0.6 is 0 Å². The lowest BCUT2D eigenvalue weighted by molar-refractivity contribution is -0.216. The lowest BCUT2D eigenvalue weighted by atomic mass is 9.93. The molecule has 0 spiro atoms. The van der Waals surface area contributed by atoms with Gasteiger partial charge in [0.15, 0.2) is 6.29 Å². The van der Waals surface area contributed by atoms with Gasteiger partial charge in [0.25, 0.3) is 8.32 Å². The van der Waals surface area contributed by atoms with E-state index in [0.717, 1.165) is 22.3 Å². The van der Waals surface area contributed by atoms with E-state index in [1.807, 2.05) is 91.9 Å². The lowest BCUT2D eigenvalue weighted by Gasteiger charge is -2.36. The number of ether oxygens (including phenoxy) is 2. The van der Waals surface area contributed by atoms with Gasteiger partial charge in [-0.3, -0.25) is 0 Å². The molecule has 1 heterocycles. The van der Waals surface area contributed by atoms with E-state index in [4.69, 9.17) is 13.9 Å². The Balaban J connectivity index is 1.15. The minimum absolute atomic E-state index is 0.195. The van der Waals surface area contributed by atoms with Gasteiger partial charge in [0.2, 0.25) is 10.0 Å². The van der Waals surface area contributed by atoms with Crippen molar-refractivity contribution in [3.63, 3.8) is 0 Å². The highest BCUT2D eigenvalue weighted by atomic mass is 32.2. The Morgan fingerprint density at radius 1 is 0.692 bits per heavy atom. The quantitative estimate of drug-likeness (QED) is 0.110. The molecule has 8 heteroatoms. The van der Waals surface area contributed by atoms with Crippen molar-refractivity contribution < 1.29 is 22.3 Å². The third-order valence-corrected chi connectivity index (χ3v) is 15.1. The van der Waals surface area contributed by atoms with E-state index in [-0.39, 0.29) is 11.0 Å². The van der Waals surface area contributed by atoms with Gasteiger partial charge in [0.1, 0.15) is 0 Å². The maximum absolute atomic E-state index is 13.7. The molecule has 6 aromatic rings. The van der Waals surface area contributed by atoms with Gasteiger partial charge in [0, 0.05) is 6.42 Å². The van der Waals surface area contributed by atoms with E-state index in [2.05, 4.69) is 77.5 Å². The van der Waals surface area contributed by atoms with Crippen LogP contribution in [0.4, 0.5) is 0 Å². The first-order valence-electron chi connectivity index (χ1n) is 17.7. The van der Waals surface area contributed by atoms with Crippen LogP contribution in [0.1, 0.15) is 34.7 Å². The summed E-state index contributed by atoms with van der Waals surface area (Å²) < 4.78 is 50.6. The molecule has 6 aromatic carbocycles. The van der Waals surface area contributed by atoms with Gasteiger partial charge in [-0.05, 0) is 57.7 Å². The van der Waals surface area contributed by atoms with Crippen LogP contribution in [0.25, 0.3) is 0 Å². The summed E-state index contributed by atoms with van der Waals surface area (Å²) in [6.45, 7) is 2.86. The zero-order valence-electron chi connectivity index (χ0n) is 29.2.